The van der Waals surface area contributed by atoms with Crippen LogP contribution in [0.4, 0.5) is 4.79 Å². The quantitative estimate of drug-likeness (QED) is 0.771. The summed E-state index contributed by atoms with van der Waals surface area (Å²) in [6, 6.07) is 3.60. The topological polar surface area (TPSA) is 50.3 Å². The molecule has 5 heteroatoms. The first-order valence-electron chi connectivity index (χ1n) is 5.37. The molecule has 0 aromatic carbocycles. The number of carbonyl (C=O) groups excluding carboxylic acids is 2. The molecule has 0 spiro atoms. The van der Waals surface area contributed by atoms with Crippen molar-refractivity contribution in [1.29, 1.82) is 0 Å². The molecule has 0 atom stereocenters. The summed E-state index contributed by atoms with van der Waals surface area (Å²) in [5.74, 6) is -0.196. The van der Waals surface area contributed by atoms with Gasteiger partial charge in [0.05, 0.1) is 4.91 Å². The van der Waals surface area contributed by atoms with Gasteiger partial charge in [-0.25, -0.2) is 0 Å². The van der Waals surface area contributed by atoms with Crippen molar-refractivity contribution in [2.24, 2.45) is 0 Å². The summed E-state index contributed by atoms with van der Waals surface area (Å²) in [6.07, 6.45) is 5.81. The number of carbonyl (C=O) groups is 2. The van der Waals surface area contributed by atoms with E-state index in [0.29, 0.717) is 11.4 Å². The molecule has 1 aliphatic heterocycles. The van der Waals surface area contributed by atoms with E-state index in [1.807, 2.05) is 6.92 Å². The number of thioether (sulfide) groups is 1. The molecule has 0 N–H and O–H groups in total. The van der Waals surface area contributed by atoms with E-state index in [9.17, 15) is 9.59 Å². The predicted molar refractivity (Wildman–Crippen MR) is 67.2 cm³/mol. The smallest absolute Gasteiger partial charge is 0.268 e. The highest BCUT2D eigenvalue weighted by molar-refractivity contribution is 8.18. The fourth-order valence-corrected chi connectivity index (χ4v) is 2.39. The van der Waals surface area contributed by atoms with E-state index >= 15 is 0 Å². The van der Waals surface area contributed by atoms with E-state index in [2.05, 4.69) is 4.98 Å². The van der Waals surface area contributed by atoms with E-state index in [4.69, 9.17) is 0 Å². The zero-order valence-electron chi connectivity index (χ0n) is 9.42. The number of amides is 2. The maximum Gasteiger partial charge on any atom is 0.293 e. The van der Waals surface area contributed by atoms with Crippen LogP contribution >= 0.6 is 11.8 Å². The van der Waals surface area contributed by atoms with Crippen LogP contribution in [0.5, 0.6) is 0 Å². The number of pyridine rings is 1. The summed E-state index contributed by atoms with van der Waals surface area (Å²) >= 11 is 0.995. The van der Waals surface area contributed by atoms with Crippen molar-refractivity contribution >= 4 is 29.0 Å². The van der Waals surface area contributed by atoms with Gasteiger partial charge in [0.2, 0.25) is 0 Å². The van der Waals surface area contributed by atoms with Crippen LogP contribution in [0.2, 0.25) is 0 Å². The minimum Gasteiger partial charge on any atom is -0.268 e. The molecule has 0 saturated carbocycles. The lowest BCUT2D eigenvalue weighted by Crippen LogP contribution is -2.28. The Bertz CT molecular complexity index is 471. The van der Waals surface area contributed by atoms with Gasteiger partial charge in [-0.05, 0) is 42.0 Å². The molecule has 1 fully saturated rings. The minimum absolute atomic E-state index is 0.183. The van der Waals surface area contributed by atoms with Crippen molar-refractivity contribution in [1.82, 2.24) is 9.88 Å². The maximum absolute atomic E-state index is 11.9. The van der Waals surface area contributed by atoms with Gasteiger partial charge in [-0.1, -0.05) is 6.92 Å². The minimum atomic E-state index is -0.196. The summed E-state index contributed by atoms with van der Waals surface area (Å²) in [6.45, 7) is 2.42. The molecular formula is C12H12N2O2S. The van der Waals surface area contributed by atoms with Crippen molar-refractivity contribution < 1.29 is 9.59 Å². The normalized spacial score (nSPS) is 18.2. The molecule has 17 heavy (non-hydrogen) atoms. The summed E-state index contributed by atoms with van der Waals surface area (Å²) in [7, 11) is 0. The molecular weight excluding hydrogens is 236 g/mol. The first kappa shape index (κ1) is 11.9. The van der Waals surface area contributed by atoms with Crippen LogP contribution in [0.15, 0.2) is 29.4 Å². The van der Waals surface area contributed by atoms with Gasteiger partial charge in [-0.15, -0.1) is 0 Å². The lowest BCUT2D eigenvalue weighted by molar-refractivity contribution is -0.122. The van der Waals surface area contributed by atoms with Crippen molar-refractivity contribution in [3.8, 4) is 0 Å². The molecule has 2 rings (SSSR count). The number of hydrogen-bond acceptors (Lipinski definition) is 4. The van der Waals surface area contributed by atoms with Gasteiger partial charge in [0, 0.05) is 18.9 Å². The molecule has 88 valence electrons. The molecule has 1 aromatic heterocycles. The summed E-state index contributed by atoms with van der Waals surface area (Å²) in [4.78, 5) is 29.2. The standard InChI is InChI=1S/C12H12N2O2S/c1-2-7-14-11(15)10(17-12(14)16)8-9-3-5-13-6-4-9/h3-6,8H,2,7H2,1H3/b10-8+. The van der Waals surface area contributed by atoms with Gasteiger partial charge in [0.1, 0.15) is 0 Å². The first-order chi connectivity index (χ1) is 8.22. The second-order valence-corrected chi connectivity index (χ2v) is 4.61. The number of rotatable bonds is 3. The first-order valence-corrected chi connectivity index (χ1v) is 6.19. The monoisotopic (exact) mass is 248 g/mol. The number of imide groups is 1. The summed E-state index contributed by atoms with van der Waals surface area (Å²) in [5.41, 5.74) is 0.877. The average molecular weight is 248 g/mol. The average Bonchev–Trinajstić information content (AvgIpc) is 2.59. The number of hydrogen-bond donors (Lipinski definition) is 0. The Kier molecular flexibility index (Phi) is 3.58. The maximum atomic E-state index is 11.9. The van der Waals surface area contributed by atoms with Crippen molar-refractivity contribution in [3.63, 3.8) is 0 Å². The van der Waals surface area contributed by atoms with E-state index < -0.39 is 0 Å². The van der Waals surface area contributed by atoms with Gasteiger partial charge in [-0.2, -0.15) is 0 Å². The fourth-order valence-electron chi connectivity index (χ4n) is 1.53. The third-order valence-electron chi connectivity index (χ3n) is 2.32. The van der Waals surface area contributed by atoms with Crippen LogP contribution in [-0.2, 0) is 4.79 Å². The van der Waals surface area contributed by atoms with Gasteiger partial charge >= 0.3 is 0 Å². The molecule has 1 aromatic rings. The van der Waals surface area contributed by atoms with Crippen molar-refractivity contribution in [2.75, 3.05) is 6.54 Å². The van der Waals surface area contributed by atoms with Crippen molar-refractivity contribution in [3.05, 3.63) is 35.0 Å². The van der Waals surface area contributed by atoms with Crippen LogP contribution in [-0.4, -0.2) is 27.6 Å². The summed E-state index contributed by atoms with van der Waals surface area (Å²) in [5, 5.41) is -0.183. The highest BCUT2D eigenvalue weighted by atomic mass is 32.2. The fraction of sp³-hybridized carbons (Fsp3) is 0.250. The zero-order valence-corrected chi connectivity index (χ0v) is 10.2. The molecule has 0 aliphatic carbocycles. The Morgan fingerprint density at radius 2 is 2.06 bits per heavy atom. The second-order valence-electron chi connectivity index (χ2n) is 3.61. The Labute approximate surface area is 104 Å². The van der Waals surface area contributed by atoms with Crippen LogP contribution in [0.25, 0.3) is 6.08 Å². The highest BCUT2D eigenvalue weighted by Crippen LogP contribution is 2.31. The van der Waals surface area contributed by atoms with Gasteiger partial charge in [0.15, 0.2) is 0 Å². The molecule has 4 nitrogen and oxygen atoms in total. The van der Waals surface area contributed by atoms with Gasteiger partial charge in [0.25, 0.3) is 11.1 Å². The third kappa shape index (κ3) is 2.55. The van der Waals surface area contributed by atoms with Crippen LogP contribution < -0.4 is 0 Å². The van der Waals surface area contributed by atoms with E-state index in [-0.39, 0.29) is 11.1 Å². The Morgan fingerprint density at radius 3 is 2.71 bits per heavy atom. The van der Waals surface area contributed by atoms with Crippen molar-refractivity contribution in [2.45, 2.75) is 13.3 Å². The molecule has 2 amide bonds. The summed E-state index contributed by atoms with van der Waals surface area (Å²) < 4.78 is 0. The van der Waals surface area contributed by atoms with Crippen LogP contribution in [0.1, 0.15) is 18.9 Å². The lowest BCUT2D eigenvalue weighted by atomic mass is 10.2. The molecule has 0 bridgehead atoms. The zero-order chi connectivity index (χ0) is 12.3. The SMILES string of the molecule is CCCN1C(=O)S/C(=C/c2ccncc2)C1=O. The van der Waals surface area contributed by atoms with Crippen LogP contribution in [0, 0.1) is 0 Å². The predicted octanol–water partition coefficient (Wildman–Crippen LogP) is 2.53. The molecule has 0 radical (unpaired) electrons. The number of nitrogens with zero attached hydrogens (tertiary/aromatic N) is 2. The van der Waals surface area contributed by atoms with Crippen LogP contribution in [0.3, 0.4) is 0 Å². The Balaban J connectivity index is 2.22. The molecule has 2 heterocycles. The Morgan fingerprint density at radius 1 is 1.35 bits per heavy atom. The largest absolute Gasteiger partial charge is 0.293 e. The lowest BCUT2D eigenvalue weighted by Gasteiger charge is -2.09. The van der Waals surface area contributed by atoms with E-state index in [0.717, 1.165) is 23.7 Å². The molecule has 1 aliphatic rings. The highest BCUT2D eigenvalue weighted by Gasteiger charge is 2.34. The second kappa shape index (κ2) is 5.14. The van der Waals surface area contributed by atoms with Gasteiger partial charge in [-0.3, -0.25) is 19.5 Å². The molecule has 0 unspecified atom stereocenters. The third-order valence-corrected chi connectivity index (χ3v) is 3.23. The van der Waals surface area contributed by atoms with Gasteiger partial charge < -0.3 is 0 Å². The van der Waals surface area contributed by atoms with E-state index in [1.165, 1.54) is 4.90 Å². The molecule has 1 saturated heterocycles. The number of aromatic nitrogens is 1. The Hall–Kier alpha value is -1.62. The van der Waals surface area contributed by atoms with E-state index in [1.54, 1.807) is 30.6 Å².